The molecule has 0 fully saturated rings. The van der Waals surface area contributed by atoms with Crippen LogP contribution in [0.15, 0.2) is 69.9 Å². The number of carbonyl (C=O) groups excluding carboxylic acids is 1. The third-order valence-electron chi connectivity index (χ3n) is 5.68. The van der Waals surface area contributed by atoms with E-state index in [1.807, 2.05) is 29.6 Å². The summed E-state index contributed by atoms with van der Waals surface area (Å²) in [6.45, 7) is -0.276. The van der Waals surface area contributed by atoms with Crippen LogP contribution >= 0.6 is 11.3 Å². The first-order valence-electron chi connectivity index (χ1n) is 10.6. The molecule has 1 atom stereocenters. The number of methoxy groups -OCH3 is 2. The highest BCUT2D eigenvalue weighted by Gasteiger charge is 2.34. The van der Waals surface area contributed by atoms with Crippen LogP contribution in [0.1, 0.15) is 22.9 Å². The monoisotopic (exact) mass is 475 g/mol. The predicted octanol–water partition coefficient (Wildman–Crippen LogP) is 3.25. The lowest BCUT2D eigenvalue weighted by molar-refractivity contribution is -0.134. The van der Waals surface area contributed by atoms with E-state index in [9.17, 15) is 9.59 Å². The Morgan fingerprint density at radius 1 is 1.09 bits per heavy atom. The number of hydrogen-bond donors (Lipinski definition) is 0. The predicted molar refractivity (Wildman–Crippen MR) is 128 cm³/mol. The summed E-state index contributed by atoms with van der Waals surface area (Å²) in [5.74, 6) is 0.797. The first-order valence-corrected chi connectivity index (χ1v) is 11.4. The zero-order valence-corrected chi connectivity index (χ0v) is 19.4. The second-order valence-corrected chi connectivity index (χ2v) is 8.61. The minimum atomic E-state index is -0.372. The molecule has 1 aliphatic rings. The minimum absolute atomic E-state index is 0.276. The number of rotatable bonds is 6. The van der Waals surface area contributed by atoms with E-state index in [1.54, 1.807) is 55.9 Å². The second kappa shape index (κ2) is 9.06. The number of ether oxygens (including phenoxy) is 2. The van der Waals surface area contributed by atoms with Crippen molar-refractivity contribution < 1.29 is 14.3 Å². The van der Waals surface area contributed by atoms with Gasteiger partial charge in [0, 0.05) is 6.42 Å². The zero-order chi connectivity index (χ0) is 23.7. The van der Waals surface area contributed by atoms with Crippen molar-refractivity contribution in [2.24, 2.45) is 5.10 Å². The molecule has 2 aromatic heterocycles. The Morgan fingerprint density at radius 3 is 2.68 bits per heavy atom. The summed E-state index contributed by atoms with van der Waals surface area (Å²) in [7, 11) is 3.14. The molecule has 0 spiro atoms. The molecule has 0 saturated carbocycles. The molecule has 1 amide bonds. The number of carbonyl (C=O) groups is 1. The van der Waals surface area contributed by atoms with Gasteiger partial charge in [0.1, 0.15) is 12.1 Å². The van der Waals surface area contributed by atoms with Gasteiger partial charge in [-0.25, -0.2) is 9.69 Å². The number of amides is 1. The molecule has 0 radical (unpaired) electrons. The zero-order valence-electron chi connectivity index (χ0n) is 18.5. The van der Waals surface area contributed by atoms with Crippen molar-refractivity contribution >= 4 is 33.9 Å². The van der Waals surface area contributed by atoms with Crippen LogP contribution in [0.3, 0.4) is 0 Å². The van der Waals surface area contributed by atoms with Crippen LogP contribution in [0.2, 0.25) is 0 Å². The van der Waals surface area contributed by atoms with Gasteiger partial charge in [0.25, 0.3) is 11.5 Å². The Kier molecular flexibility index (Phi) is 5.81. The summed E-state index contributed by atoms with van der Waals surface area (Å²) >= 11 is 1.56. The average molecular weight is 476 g/mol. The molecule has 34 heavy (non-hydrogen) atoms. The molecule has 4 aromatic rings. The minimum Gasteiger partial charge on any atom is -0.493 e. The average Bonchev–Trinajstić information content (AvgIpc) is 3.56. The lowest BCUT2D eigenvalue weighted by atomic mass is 10.0. The van der Waals surface area contributed by atoms with Gasteiger partial charge >= 0.3 is 0 Å². The number of aromatic nitrogens is 3. The van der Waals surface area contributed by atoms with E-state index >= 15 is 0 Å². The maximum Gasteiger partial charge on any atom is 0.278 e. The fourth-order valence-electron chi connectivity index (χ4n) is 3.98. The lowest BCUT2D eigenvalue weighted by Crippen LogP contribution is -2.35. The highest BCUT2D eigenvalue weighted by molar-refractivity contribution is 7.12. The number of nitrogens with zero attached hydrogens (tertiary/aromatic N) is 5. The molecule has 2 aromatic carbocycles. The van der Waals surface area contributed by atoms with Crippen molar-refractivity contribution in [2.75, 3.05) is 14.2 Å². The van der Waals surface area contributed by atoms with Gasteiger partial charge in [-0.2, -0.15) is 5.10 Å². The van der Waals surface area contributed by atoms with E-state index in [2.05, 4.69) is 15.4 Å². The van der Waals surface area contributed by atoms with Gasteiger partial charge < -0.3 is 9.47 Å². The first kappa shape index (κ1) is 21.8. The highest BCUT2D eigenvalue weighted by Crippen LogP contribution is 2.37. The summed E-state index contributed by atoms with van der Waals surface area (Å²) in [6, 6.07) is 16.0. The van der Waals surface area contributed by atoms with Crippen LogP contribution in [0.5, 0.6) is 11.5 Å². The fraction of sp³-hybridized carbons (Fsp3) is 0.208. The van der Waals surface area contributed by atoms with Crippen LogP contribution in [0, 0.1) is 0 Å². The number of fused-ring (bicyclic) bond motifs is 1. The maximum atomic E-state index is 13.4. The van der Waals surface area contributed by atoms with Gasteiger partial charge in [-0.1, -0.05) is 29.5 Å². The number of hydrogen-bond acceptors (Lipinski definition) is 8. The summed E-state index contributed by atoms with van der Waals surface area (Å²) < 4.78 is 11.9. The largest absolute Gasteiger partial charge is 0.493 e. The molecule has 0 saturated heterocycles. The smallest absolute Gasteiger partial charge is 0.278 e. The highest BCUT2D eigenvalue weighted by atomic mass is 32.1. The van der Waals surface area contributed by atoms with Crippen LogP contribution < -0.4 is 15.0 Å². The van der Waals surface area contributed by atoms with Crippen LogP contribution in [0.4, 0.5) is 0 Å². The molecule has 0 bridgehead atoms. The van der Waals surface area contributed by atoms with E-state index in [4.69, 9.17) is 9.47 Å². The Labute approximate surface area is 198 Å². The topological polar surface area (TPSA) is 98.9 Å². The molecule has 1 aliphatic heterocycles. The Morgan fingerprint density at radius 2 is 1.91 bits per heavy atom. The van der Waals surface area contributed by atoms with Gasteiger partial charge in [0.2, 0.25) is 0 Å². The van der Waals surface area contributed by atoms with E-state index < -0.39 is 0 Å². The standard InChI is InChI=1S/C24H21N5O4S/c1-32-20-10-9-15(12-21(20)33-2)19-13-18(22-8-5-11-34-22)26-29(19)23(30)14-28-24(31)16-6-3-4-7-17(16)25-27-28/h3-12,19H,13-14H2,1-2H3/t19-/m0/s1. The molecule has 9 nitrogen and oxygen atoms in total. The van der Waals surface area contributed by atoms with E-state index in [0.717, 1.165) is 20.8 Å². The van der Waals surface area contributed by atoms with E-state index in [-0.39, 0.29) is 24.1 Å². The van der Waals surface area contributed by atoms with Crippen LogP contribution in [-0.2, 0) is 11.3 Å². The van der Waals surface area contributed by atoms with E-state index in [0.29, 0.717) is 28.8 Å². The summed E-state index contributed by atoms with van der Waals surface area (Å²) in [5, 5.41) is 16.5. The Balaban J connectivity index is 1.50. The van der Waals surface area contributed by atoms with Crippen LogP contribution in [-0.4, -0.2) is 45.8 Å². The summed E-state index contributed by atoms with van der Waals surface area (Å²) in [5.41, 5.74) is 1.76. The van der Waals surface area contributed by atoms with Gasteiger partial charge in [0.05, 0.1) is 36.2 Å². The molecule has 172 valence electrons. The molecule has 3 heterocycles. The summed E-state index contributed by atoms with van der Waals surface area (Å²) in [6.07, 6.45) is 0.528. The van der Waals surface area contributed by atoms with Crippen molar-refractivity contribution in [3.8, 4) is 11.5 Å². The molecule has 0 N–H and O–H groups in total. The Bertz CT molecular complexity index is 1450. The number of thiophene rings is 1. The first-order chi connectivity index (χ1) is 16.6. The fourth-order valence-corrected chi connectivity index (χ4v) is 4.70. The summed E-state index contributed by atoms with van der Waals surface area (Å²) in [4.78, 5) is 27.3. The molecule has 0 aliphatic carbocycles. The molecule has 10 heteroatoms. The van der Waals surface area contributed by atoms with Crippen molar-refractivity contribution in [3.05, 3.63) is 80.8 Å². The molecular formula is C24H21N5O4S. The van der Waals surface area contributed by atoms with Crippen molar-refractivity contribution in [1.82, 2.24) is 20.0 Å². The number of hydrazone groups is 1. The van der Waals surface area contributed by atoms with E-state index in [1.165, 1.54) is 5.01 Å². The van der Waals surface area contributed by atoms with Gasteiger partial charge in [-0.05, 0) is 41.3 Å². The van der Waals surface area contributed by atoms with Crippen molar-refractivity contribution in [1.29, 1.82) is 0 Å². The molecular weight excluding hydrogens is 454 g/mol. The van der Waals surface area contributed by atoms with Crippen LogP contribution in [0.25, 0.3) is 10.9 Å². The van der Waals surface area contributed by atoms with Gasteiger partial charge in [-0.3, -0.25) is 9.59 Å². The SMILES string of the molecule is COc1ccc([C@@H]2CC(c3cccs3)=NN2C(=O)Cn2nnc3ccccc3c2=O)cc1OC. The van der Waals surface area contributed by atoms with Crippen molar-refractivity contribution in [2.45, 2.75) is 19.0 Å². The quantitative estimate of drug-likeness (QED) is 0.425. The maximum absolute atomic E-state index is 13.4. The van der Waals surface area contributed by atoms with Gasteiger partial charge in [0.15, 0.2) is 11.5 Å². The molecule has 0 unspecified atom stereocenters. The third kappa shape index (κ3) is 3.92. The second-order valence-electron chi connectivity index (χ2n) is 7.67. The molecule has 5 rings (SSSR count). The normalized spacial score (nSPS) is 15.4. The van der Waals surface area contributed by atoms with Gasteiger partial charge in [-0.15, -0.1) is 16.4 Å². The third-order valence-corrected chi connectivity index (χ3v) is 6.60. The Hall–Kier alpha value is -4.05. The number of benzene rings is 2. The lowest BCUT2D eigenvalue weighted by Gasteiger charge is -2.23. The van der Waals surface area contributed by atoms with Crippen molar-refractivity contribution in [3.63, 3.8) is 0 Å².